The Morgan fingerprint density at radius 3 is 2.40 bits per heavy atom. The molecule has 0 amide bonds. The maximum Gasteiger partial charge on any atom is -0.000895 e. The van der Waals surface area contributed by atoms with Gasteiger partial charge in [0.2, 0.25) is 0 Å². The van der Waals surface area contributed by atoms with Crippen LogP contribution >= 0.6 is 12.6 Å². The Morgan fingerprint density at radius 2 is 1.90 bits per heavy atom. The Labute approximate surface area is 69.8 Å². The minimum absolute atomic E-state index is 0.614. The van der Waals surface area contributed by atoms with E-state index in [-0.39, 0.29) is 0 Å². The predicted octanol–water partition coefficient (Wildman–Crippen LogP) is 3.28. The average Bonchev–Trinajstić information content (AvgIpc) is 1.88. The molecule has 10 heavy (non-hydrogen) atoms. The van der Waals surface area contributed by atoms with Crippen LogP contribution in [0.3, 0.4) is 0 Å². The minimum atomic E-state index is 0.614. The Morgan fingerprint density at radius 1 is 1.30 bits per heavy atom. The first-order valence-electron chi connectivity index (χ1n) is 4.47. The van der Waals surface area contributed by atoms with Crippen molar-refractivity contribution in [2.24, 2.45) is 5.92 Å². The zero-order chi connectivity index (χ0) is 7.40. The summed E-state index contributed by atoms with van der Waals surface area (Å²) < 4.78 is 0. The summed E-state index contributed by atoms with van der Waals surface area (Å²) in [4.78, 5) is 0. The summed E-state index contributed by atoms with van der Waals surface area (Å²) in [5.74, 6) is 1.00. The largest absolute Gasteiger partial charge is 0.176 e. The van der Waals surface area contributed by atoms with Gasteiger partial charge in [-0.1, -0.05) is 39.0 Å². The van der Waals surface area contributed by atoms with Crippen LogP contribution in [0.5, 0.6) is 0 Å². The van der Waals surface area contributed by atoms with E-state index in [4.69, 9.17) is 0 Å². The molecule has 1 unspecified atom stereocenters. The monoisotopic (exact) mass is 158 g/mol. The maximum absolute atomic E-state index is 4.41. The third-order valence-corrected chi connectivity index (χ3v) is 2.61. The van der Waals surface area contributed by atoms with Crippen LogP contribution in [-0.2, 0) is 0 Å². The van der Waals surface area contributed by atoms with E-state index >= 15 is 0 Å². The van der Waals surface area contributed by atoms with E-state index in [0.717, 1.165) is 5.92 Å². The normalized spacial score (nSPS) is 24.6. The Hall–Kier alpha value is 0.350. The molecule has 0 aromatic carbocycles. The van der Waals surface area contributed by atoms with Crippen molar-refractivity contribution >= 4 is 12.6 Å². The average molecular weight is 158 g/mol. The molecule has 0 aromatic rings. The van der Waals surface area contributed by atoms with Gasteiger partial charge >= 0.3 is 0 Å². The Balaban J connectivity index is 2.13. The molecule has 1 rings (SSSR count). The maximum atomic E-state index is 4.41. The van der Waals surface area contributed by atoms with Gasteiger partial charge in [0.05, 0.1) is 0 Å². The first kappa shape index (κ1) is 8.45. The van der Waals surface area contributed by atoms with E-state index in [1.807, 2.05) is 0 Å². The van der Waals surface area contributed by atoms with Gasteiger partial charge in [0.1, 0.15) is 0 Å². The van der Waals surface area contributed by atoms with Crippen LogP contribution in [0.4, 0.5) is 0 Å². The Bertz CT molecular complexity index is 82.7. The number of thiol groups is 1. The van der Waals surface area contributed by atoms with Crippen LogP contribution in [0.15, 0.2) is 0 Å². The first-order chi connectivity index (χ1) is 4.79. The summed E-state index contributed by atoms with van der Waals surface area (Å²) in [6, 6.07) is 0. The van der Waals surface area contributed by atoms with Crippen molar-refractivity contribution in [2.75, 3.05) is 0 Å². The predicted molar refractivity (Wildman–Crippen MR) is 49.6 cm³/mol. The second-order valence-electron chi connectivity index (χ2n) is 3.59. The fourth-order valence-corrected chi connectivity index (χ4v) is 2.20. The molecule has 1 fully saturated rings. The zero-order valence-electron chi connectivity index (χ0n) is 6.84. The molecule has 0 spiro atoms. The summed E-state index contributed by atoms with van der Waals surface area (Å²) in [6.45, 7) is 2.21. The molecular formula is C9H18S. The third kappa shape index (κ3) is 2.96. The van der Waals surface area contributed by atoms with Crippen molar-refractivity contribution in [2.45, 2.75) is 50.7 Å². The fourth-order valence-electron chi connectivity index (χ4n) is 1.91. The van der Waals surface area contributed by atoms with E-state index < -0.39 is 0 Å². The molecule has 0 aliphatic heterocycles. The zero-order valence-corrected chi connectivity index (χ0v) is 7.74. The first-order valence-corrected chi connectivity index (χ1v) is 4.98. The SMILES string of the molecule is CC(S)CC1CCCCC1. The van der Waals surface area contributed by atoms with Crippen molar-refractivity contribution in [3.8, 4) is 0 Å². The Kier molecular flexibility index (Phi) is 3.61. The molecule has 0 nitrogen and oxygen atoms in total. The molecule has 0 bridgehead atoms. The van der Waals surface area contributed by atoms with Crippen LogP contribution in [0.2, 0.25) is 0 Å². The summed E-state index contributed by atoms with van der Waals surface area (Å²) in [6.07, 6.45) is 8.66. The van der Waals surface area contributed by atoms with Crippen LogP contribution in [-0.4, -0.2) is 5.25 Å². The lowest BCUT2D eigenvalue weighted by atomic mass is 9.86. The second-order valence-corrected chi connectivity index (χ2v) is 4.47. The molecule has 0 radical (unpaired) electrons. The summed E-state index contributed by atoms with van der Waals surface area (Å²) in [7, 11) is 0. The van der Waals surface area contributed by atoms with Gasteiger partial charge in [-0.05, 0) is 17.6 Å². The van der Waals surface area contributed by atoms with Crippen molar-refractivity contribution in [3.05, 3.63) is 0 Å². The van der Waals surface area contributed by atoms with E-state index in [1.54, 1.807) is 0 Å². The van der Waals surface area contributed by atoms with Gasteiger partial charge in [-0.25, -0.2) is 0 Å². The molecule has 1 heteroatoms. The fraction of sp³-hybridized carbons (Fsp3) is 1.00. The van der Waals surface area contributed by atoms with Gasteiger partial charge in [-0.2, -0.15) is 12.6 Å². The van der Waals surface area contributed by atoms with Gasteiger partial charge in [-0.3, -0.25) is 0 Å². The number of hydrogen-bond acceptors (Lipinski definition) is 1. The standard InChI is InChI=1S/C9H18S/c1-8(10)7-9-5-3-2-4-6-9/h8-10H,2-7H2,1H3. The molecule has 1 saturated carbocycles. The molecule has 0 heterocycles. The molecule has 1 aliphatic rings. The van der Waals surface area contributed by atoms with Gasteiger partial charge < -0.3 is 0 Å². The van der Waals surface area contributed by atoms with Crippen LogP contribution < -0.4 is 0 Å². The van der Waals surface area contributed by atoms with Crippen molar-refractivity contribution in [1.82, 2.24) is 0 Å². The van der Waals surface area contributed by atoms with E-state index in [2.05, 4.69) is 19.6 Å². The lowest BCUT2D eigenvalue weighted by molar-refractivity contribution is 0.340. The van der Waals surface area contributed by atoms with Crippen LogP contribution in [0, 0.1) is 5.92 Å². The lowest BCUT2D eigenvalue weighted by Gasteiger charge is -2.22. The number of rotatable bonds is 2. The van der Waals surface area contributed by atoms with E-state index in [9.17, 15) is 0 Å². The summed E-state index contributed by atoms with van der Waals surface area (Å²) in [5, 5.41) is 0.614. The van der Waals surface area contributed by atoms with Crippen LogP contribution in [0.25, 0.3) is 0 Å². The van der Waals surface area contributed by atoms with Gasteiger partial charge in [-0.15, -0.1) is 0 Å². The quantitative estimate of drug-likeness (QED) is 0.586. The third-order valence-electron chi connectivity index (χ3n) is 2.40. The molecule has 0 saturated heterocycles. The molecule has 60 valence electrons. The highest BCUT2D eigenvalue weighted by Gasteiger charge is 2.14. The highest BCUT2D eigenvalue weighted by atomic mass is 32.1. The highest BCUT2D eigenvalue weighted by Crippen LogP contribution is 2.28. The van der Waals surface area contributed by atoms with Crippen LogP contribution in [0.1, 0.15) is 45.4 Å². The van der Waals surface area contributed by atoms with Gasteiger partial charge in [0.25, 0.3) is 0 Å². The highest BCUT2D eigenvalue weighted by molar-refractivity contribution is 7.80. The molecule has 0 N–H and O–H groups in total. The van der Waals surface area contributed by atoms with Gasteiger partial charge in [0, 0.05) is 0 Å². The van der Waals surface area contributed by atoms with Gasteiger partial charge in [0.15, 0.2) is 0 Å². The number of hydrogen-bond donors (Lipinski definition) is 1. The van der Waals surface area contributed by atoms with Crippen molar-refractivity contribution in [3.63, 3.8) is 0 Å². The van der Waals surface area contributed by atoms with E-state index in [1.165, 1.54) is 38.5 Å². The summed E-state index contributed by atoms with van der Waals surface area (Å²) in [5.41, 5.74) is 0. The van der Waals surface area contributed by atoms with E-state index in [0.29, 0.717) is 5.25 Å². The van der Waals surface area contributed by atoms with Crippen molar-refractivity contribution in [1.29, 1.82) is 0 Å². The summed E-state index contributed by atoms with van der Waals surface area (Å²) >= 11 is 4.41. The van der Waals surface area contributed by atoms with Crippen molar-refractivity contribution < 1.29 is 0 Å². The molecular weight excluding hydrogens is 140 g/mol. The second kappa shape index (κ2) is 4.27. The minimum Gasteiger partial charge on any atom is -0.176 e. The smallest absolute Gasteiger partial charge is 0.000895 e. The molecule has 0 aromatic heterocycles. The topological polar surface area (TPSA) is 0 Å². The molecule has 1 atom stereocenters. The molecule has 1 aliphatic carbocycles. The lowest BCUT2D eigenvalue weighted by Crippen LogP contribution is -2.09.